The van der Waals surface area contributed by atoms with Crippen molar-refractivity contribution in [2.45, 2.75) is 25.4 Å². The van der Waals surface area contributed by atoms with Crippen molar-refractivity contribution in [2.24, 2.45) is 0 Å². The average Bonchev–Trinajstić information content (AvgIpc) is 2.07. The summed E-state index contributed by atoms with van der Waals surface area (Å²) in [6, 6.07) is 0. The lowest BCUT2D eigenvalue weighted by molar-refractivity contribution is -0.0312. The lowest BCUT2D eigenvalue weighted by atomic mass is 10.1. The third kappa shape index (κ3) is 3.99. The van der Waals surface area contributed by atoms with Crippen molar-refractivity contribution in [1.29, 1.82) is 0 Å². The molecule has 0 radical (unpaired) electrons. The van der Waals surface area contributed by atoms with Crippen LogP contribution in [0.15, 0.2) is 0 Å². The zero-order valence-electron chi connectivity index (χ0n) is 6.79. The van der Waals surface area contributed by atoms with E-state index in [9.17, 15) is 0 Å². The van der Waals surface area contributed by atoms with E-state index < -0.39 is 0 Å². The molecule has 66 valence electrons. The molecule has 0 atom stereocenters. The molecule has 1 fully saturated rings. The third-order valence-corrected chi connectivity index (χ3v) is 2.14. The summed E-state index contributed by atoms with van der Waals surface area (Å²) in [7, 11) is 0. The van der Waals surface area contributed by atoms with Gasteiger partial charge in [-0.25, -0.2) is 0 Å². The standard InChI is InChI=1S/C8H16O2S/c11-7-1-4-10-8-2-5-9-6-3-8/h8,11H,1-7H2. The molecular weight excluding hydrogens is 160 g/mol. The van der Waals surface area contributed by atoms with Crippen molar-refractivity contribution in [3.05, 3.63) is 0 Å². The summed E-state index contributed by atoms with van der Waals surface area (Å²) in [6.45, 7) is 2.59. The first-order chi connectivity index (χ1) is 5.43. The van der Waals surface area contributed by atoms with Gasteiger partial charge in [0.15, 0.2) is 0 Å². The van der Waals surface area contributed by atoms with E-state index in [1.54, 1.807) is 0 Å². The third-order valence-electron chi connectivity index (χ3n) is 1.82. The Hall–Kier alpha value is 0.270. The quantitative estimate of drug-likeness (QED) is 0.517. The van der Waals surface area contributed by atoms with Crippen molar-refractivity contribution in [3.63, 3.8) is 0 Å². The average molecular weight is 176 g/mol. The molecule has 0 aromatic heterocycles. The van der Waals surface area contributed by atoms with Gasteiger partial charge in [-0.2, -0.15) is 12.6 Å². The van der Waals surface area contributed by atoms with E-state index in [-0.39, 0.29) is 0 Å². The predicted octanol–water partition coefficient (Wildman–Crippen LogP) is 1.50. The highest BCUT2D eigenvalue weighted by Crippen LogP contribution is 2.10. The number of ether oxygens (including phenoxy) is 2. The van der Waals surface area contributed by atoms with E-state index in [4.69, 9.17) is 9.47 Å². The molecule has 0 aromatic rings. The largest absolute Gasteiger partial charge is 0.381 e. The van der Waals surface area contributed by atoms with Gasteiger partial charge in [0.05, 0.1) is 6.10 Å². The van der Waals surface area contributed by atoms with Gasteiger partial charge in [0.25, 0.3) is 0 Å². The molecule has 1 aliphatic heterocycles. The van der Waals surface area contributed by atoms with Gasteiger partial charge in [0, 0.05) is 19.8 Å². The first kappa shape index (κ1) is 9.36. The molecule has 0 N–H and O–H groups in total. The molecule has 0 aromatic carbocycles. The Morgan fingerprint density at radius 1 is 1.36 bits per heavy atom. The summed E-state index contributed by atoms with van der Waals surface area (Å²) in [5, 5.41) is 0. The molecule has 0 bridgehead atoms. The van der Waals surface area contributed by atoms with Crippen LogP contribution in [0.1, 0.15) is 19.3 Å². The molecule has 1 saturated heterocycles. The zero-order valence-corrected chi connectivity index (χ0v) is 7.69. The molecule has 0 saturated carbocycles. The molecule has 3 heteroatoms. The van der Waals surface area contributed by atoms with Crippen LogP contribution in [0, 0.1) is 0 Å². The first-order valence-electron chi connectivity index (χ1n) is 4.23. The van der Waals surface area contributed by atoms with Gasteiger partial charge in [0.1, 0.15) is 0 Å². The summed E-state index contributed by atoms with van der Waals surface area (Å²) >= 11 is 4.11. The molecule has 0 aliphatic carbocycles. The van der Waals surface area contributed by atoms with Gasteiger partial charge in [-0.05, 0) is 25.0 Å². The van der Waals surface area contributed by atoms with Crippen molar-refractivity contribution in [1.82, 2.24) is 0 Å². The minimum atomic E-state index is 0.448. The first-order valence-corrected chi connectivity index (χ1v) is 4.87. The highest BCUT2D eigenvalue weighted by Gasteiger charge is 2.12. The SMILES string of the molecule is SCCCOC1CCOCC1. The van der Waals surface area contributed by atoms with Crippen LogP contribution in [0.2, 0.25) is 0 Å². The minimum Gasteiger partial charge on any atom is -0.381 e. The van der Waals surface area contributed by atoms with Crippen LogP contribution >= 0.6 is 12.6 Å². The monoisotopic (exact) mass is 176 g/mol. The highest BCUT2D eigenvalue weighted by atomic mass is 32.1. The van der Waals surface area contributed by atoms with Crippen LogP contribution in [0.3, 0.4) is 0 Å². The summed E-state index contributed by atoms with van der Waals surface area (Å²) < 4.78 is 10.8. The van der Waals surface area contributed by atoms with E-state index >= 15 is 0 Å². The van der Waals surface area contributed by atoms with E-state index in [2.05, 4.69) is 12.6 Å². The Morgan fingerprint density at radius 3 is 2.73 bits per heavy atom. The maximum absolute atomic E-state index is 5.59. The number of hydrogen-bond acceptors (Lipinski definition) is 3. The Morgan fingerprint density at radius 2 is 2.09 bits per heavy atom. The summed E-state index contributed by atoms with van der Waals surface area (Å²) in [6.07, 6.45) is 3.63. The molecule has 1 heterocycles. The van der Waals surface area contributed by atoms with Gasteiger partial charge < -0.3 is 9.47 Å². The van der Waals surface area contributed by atoms with E-state index in [1.165, 1.54) is 0 Å². The second-order valence-electron chi connectivity index (χ2n) is 2.76. The second-order valence-corrected chi connectivity index (χ2v) is 3.21. The normalized spacial score (nSPS) is 20.5. The topological polar surface area (TPSA) is 18.5 Å². The molecule has 0 spiro atoms. The predicted molar refractivity (Wildman–Crippen MR) is 48.3 cm³/mol. The fourth-order valence-corrected chi connectivity index (χ4v) is 1.29. The zero-order chi connectivity index (χ0) is 7.94. The van der Waals surface area contributed by atoms with Crippen LogP contribution in [-0.4, -0.2) is 31.7 Å². The van der Waals surface area contributed by atoms with E-state index in [0.29, 0.717) is 6.10 Å². The van der Waals surface area contributed by atoms with Crippen molar-refractivity contribution >= 4 is 12.6 Å². The maximum atomic E-state index is 5.59. The van der Waals surface area contributed by atoms with Crippen molar-refractivity contribution < 1.29 is 9.47 Å². The van der Waals surface area contributed by atoms with Gasteiger partial charge >= 0.3 is 0 Å². The molecule has 2 nitrogen and oxygen atoms in total. The van der Waals surface area contributed by atoms with E-state index in [1.807, 2.05) is 0 Å². The van der Waals surface area contributed by atoms with Crippen LogP contribution in [0.25, 0.3) is 0 Å². The molecule has 0 unspecified atom stereocenters. The molecular formula is C8H16O2S. The minimum absolute atomic E-state index is 0.448. The highest BCUT2D eigenvalue weighted by molar-refractivity contribution is 7.80. The van der Waals surface area contributed by atoms with Crippen molar-refractivity contribution in [2.75, 3.05) is 25.6 Å². The summed E-state index contributed by atoms with van der Waals surface area (Å²) in [5.74, 6) is 0.920. The second kappa shape index (κ2) is 5.86. The van der Waals surface area contributed by atoms with Crippen LogP contribution in [0.4, 0.5) is 0 Å². The fraction of sp³-hybridized carbons (Fsp3) is 1.00. The van der Waals surface area contributed by atoms with Gasteiger partial charge in [-0.15, -0.1) is 0 Å². The molecule has 1 aliphatic rings. The molecule has 0 amide bonds. The number of rotatable bonds is 4. The van der Waals surface area contributed by atoms with Crippen LogP contribution in [0.5, 0.6) is 0 Å². The van der Waals surface area contributed by atoms with E-state index in [0.717, 1.165) is 44.8 Å². The van der Waals surface area contributed by atoms with Gasteiger partial charge in [0.2, 0.25) is 0 Å². The van der Waals surface area contributed by atoms with Crippen LogP contribution in [-0.2, 0) is 9.47 Å². The maximum Gasteiger partial charge on any atom is 0.0619 e. The smallest absolute Gasteiger partial charge is 0.0619 e. The number of hydrogen-bond donors (Lipinski definition) is 1. The number of thiol groups is 1. The summed E-state index contributed by atoms with van der Waals surface area (Å²) in [5.41, 5.74) is 0. The lowest BCUT2D eigenvalue weighted by Crippen LogP contribution is -2.23. The summed E-state index contributed by atoms with van der Waals surface area (Å²) in [4.78, 5) is 0. The lowest BCUT2D eigenvalue weighted by Gasteiger charge is -2.22. The molecule has 11 heavy (non-hydrogen) atoms. The van der Waals surface area contributed by atoms with Gasteiger partial charge in [-0.3, -0.25) is 0 Å². The Kier molecular flexibility index (Phi) is 4.99. The van der Waals surface area contributed by atoms with Crippen molar-refractivity contribution in [3.8, 4) is 0 Å². The van der Waals surface area contributed by atoms with Crippen LogP contribution < -0.4 is 0 Å². The van der Waals surface area contributed by atoms with Gasteiger partial charge in [-0.1, -0.05) is 0 Å². The Bertz CT molecular complexity index is 92.1. The fourth-order valence-electron chi connectivity index (χ4n) is 1.16. The Labute approximate surface area is 73.7 Å². The Balaban J connectivity index is 1.96. The molecule has 1 rings (SSSR count).